The topological polar surface area (TPSA) is 89.3 Å². The zero-order valence-corrected chi connectivity index (χ0v) is 14.3. The van der Waals surface area contributed by atoms with Crippen LogP contribution in [0.5, 0.6) is 0 Å². The fourth-order valence-electron chi connectivity index (χ4n) is 2.87. The van der Waals surface area contributed by atoms with E-state index in [1.807, 2.05) is 41.0 Å². The molecule has 0 bridgehead atoms. The number of amidine groups is 1. The molecule has 2 aromatic heterocycles. The van der Waals surface area contributed by atoms with Crippen LogP contribution in [0.3, 0.4) is 0 Å². The van der Waals surface area contributed by atoms with Gasteiger partial charge in [0.1, 0.15) is 6.33 Å². The second kappa shape index (κ2) is 6.50. The first kappa shape index (κ1) is 16.1. The van der Waals surface area contributed by atoms with E-state index in [0.29, 0.717) is 10.6 Å². The summed E-state index contributed by atoms with van der Waals surface area (Å²) >= 11 is 6.27. The highest BCUT2D eigenvalue weighted by Gasteiger charge is 2.09. The molecular formula is C19H14ClN5O. The Labute approximate surface area is 154 Å². The zero-order chi connectivity index (χ0) is 18.1. The van der Waals surface area contributed by atoms with Crippen molar-refractivity contribution < 1.29 is 5.21 Å². The maximum Gasteiger partial charge on any atom is 0.170 e. The Hall–Kier alpha value is -3.38. The largest absolute Gasteiger partial charge is 0.409 e. The summed E-state index contributed by atoms with van der Waals surface area (Å²) in [5.41, 5.74) is 10.8. The molecule has 128 valence electrons. The SMILES string of the molecule is NC(=NO)c1ccc2c(c1)ncn2-c1cccc(-c2ccncc2Cl)c1. The number of aromatic nitrogens is 3. The lowest BCUT2D eigenvalue weighted by Crippen LogP contribution is -2.12. The molecule has 0 aliphatic rings. The number of hydrogen-bond acceptors (Lipinski definition) is 4. The summed E-state index contributed by atoms with van der Waals surface area (Å²) in [7, 11) is 0. The number of pyridine rings is 1. The van der Waals surface area contributed by atoms with Crippen molar-refractivity contribution in [3.05, 3.63) is 77.8 Å². The maximum absolute atomic E-state index is 8.83. The third-order valence-corrected chi connectivity index (χ3v) is 4.46. The van der Waals surface area contributed by atoms with Gasteiger partial charge in [0.2, 0.25) is 0 Å². The van der Waals surface area contributed by atoms with Gasteiger partial charge in [-0.1, -0.05) is 28.9 Å². The van der Waals surface area contributed by atoms with Gasteiger partial charge in [-0.2, -0.15) is 0 Å². The van der Waals surface area contributed by atoms with Crippen LogP contribution in [0.4, 0.5) is 0 Å². The van der Waals surface area contributed by atoms with E-state index in [1.165, 1.54) is 0 Å². The van der Waals surface area contributed by atoms with Crippen LogP contribution in [0, 0.1) is 0 Å². The molecule has 2 aromatic carbocycles. The van der Waals surface area contributed by atoms with Gasteiger partial charge in [0.15, 0.2) is 5.84 Å². The number of nitrogens with zero attached hydrogens (tertiary/aromatic N) is 4. The molecule has 0 aliphatic heterocycles. The van der Waals surface area contributed by atoms with Crippen molar-refractivity contribution in [3.8, 4) is 16.8 Å². The minimum absolute atomic E-state index is 0.0516. The smallest absolute Gasteiger partial charge is 0.170 e. The van der Waals surface area contributed by atoms with Crippen molar-refractivity contribution in [2.75, 3.05) is 0 Å². The quantitative estimate of drug-likeness (QED) is 0.250. The fraction of sp³-hybridized carbons (Fsp3) is 0. The van der Waals surface area contributed by atoms with Gasteiger partial charge in [0, 0.05) is 29.2 Å². The van der Waals surface area contributed by atoms with Crippen LogP contribution in [0.1, 0.15) is 5.56 Å². The van der Waals surface area contributed by atoms with E-state index in [1.54, 1.807) is 30.9 Å². The van der Waals surface area contributed by atoms with Gasteiger partial charge in [-0.25, -0.2) is 4.98 Å². The highest BCUT2D eigenvalue weighted by Crippen LogP contribution is 2.29. The van der Waals surface area contributed by atoms with Crippen molar-refractivity contribution in [1.29, 1.82) is 0 Å². The van der Waals surface area contributed by atoms with Gasteiger partial charge < -0.3 is 10.9 Å². The lowest BCUT2D eigenvalue weighted by molar-refractivity contribution is 0.318. The Morgan fingerprint density at radius 2 is 2.04 bits per heavy atom. The summed E-state index contributed by atoms with van der Waals surface area (Å²) in [6, 6.07) is 15.4. The summed E-state index contributed by atoms with van der Waals surface area (Å²) in [5.74, 6) is 0.0516. The van der Waals surface area contributed by atoms with Crippen molar-refractivity contribution in [3.63, 3.8) is 0 Å². The number of oxime groups is 1. The van der Waals surface area contributed by atoms with E-state index in [9.17, 15) is 0 Å². The van der Waals surface area contributed by atoms with Crippen LogP contribution in [-0.2, 0) is 0 Å². The molecule has 7 heteroatoms. The molecule has 4 aromatic rings. The summed E-state index contributed by atoms with van der Waals surface area (Å²) in [4.78, 5) is 8.46. The van der Waals surface area contributed by atoms with Gasteiger partial charge in [0.05, 0.1) is 16.1 Å². The Balaban J connectivity index is 1.81. The van der Waals surface area contributed by atoms with Crippen molar-refractivity contribution in [1.82, 2.24) is 14.5 Å². The third kappa shape index (κ3) is 2.76. The minimum Gasteiger partial charge on any atom is -0.409 e. The lowest BCUT2D eigenvalue weighted by Gasteiger charge is -2.09. The van der Waals surface area contributed by atoms with E-state index in [0.717, 1.165) is 27.8 Å². The molecule has 0 amide bonds. The first-order chi connectivity index (χ1) is 12.7. The average molecular weight is 364 g/mol. The van der Waals surface area contributed by atoms with E-state index >= 15 is 0 Å². The van der Waals surface area contributed by atoms with Gasteiger partial charge in [-0.05, 0) is 42.0 Å². The van der Waals surface area contributed by atoms with Crippen molar-refractivity contribution >= 4 is 28.5 Å². The molecule has 26 heavy (non-hydrogen) atoms. The summed E-state index contributed by atoms with van der Waals surface area (Å²) < 4.78 is 1.98. The Kier molecular flexibility index (Phi) is 4.02. The highest BCUT2D eigenvalue weighted by molar-refractivity contribution is 6.33. The molecule has 0 aliphatic carbocycles. The maximum atomic E-state index is 8.83. The predicted molar refractivity (Wildman–Crippen MR) is 102 cm³/mol. The summed E-state index contributed by atoms with van der Waals surface area (Å²) in [5, 5.41) is 12.5. The molecule has 0 spiro atoms. The molecule has 2 heterocycles. The van der Waals surface area contributed by atoms with Gasteiger partial charge in [-0.15, -0.1) is 0 Å². The molecule has 0 unspecified atom stereocenters. The van der Waals surface area contributed by atoms with E-state index in [2.05, 4.69) is 15.1 Å². The number of imidazole rings is 1. The van der Waals surface area contributed by atoms with Crippen molar-refractivity contribution in [2.45, 2.75) is 0 Å². The molecule has 0 radical (unpaired) electrons. The van der Waals surface area contributed by atoms with E-state index in [4.69, 9.17) is 22.5 Å². The molecule has 3 N–H and O–H groups in total. The minimum atomic E-state index is 0.0516. The van der Waals surface area contributed by atoms with E-state index < -0.39 is 0 Å². The van der Waals surface area contributed by atoms with Crippen LogP contribution < -0.4 is 5.73 Å². The second-order valence-corrected chi connectivity index (χ2v) is 6.12. The number of fused-ring (bicyclic) bond motifs is 1. The van der Waals surface area contributed by atoms with E-state index in [-0.39, 0.29) is 5.84 Å². The highest BCUT2D eigenvalue weighted by atomic mass is 35.5. The lowest BCUT2D eigenvalue weighted by atomic mass is 10.1. The summed E-state index contributed by atoms with van der Waals surface area (Å²) in [6.07, 6.45) is 5.09. The Bertz CT molecular complexity index is 1140. The van der Waals surface area contributed by atoms with Gasteiger partial charge in [0.25, 0.3) is 0 Å². The Morgan fingerprint density at radius 3 is 2.85 bits per heavy atom. The fourth-order valence-corrected chi connectivity index (χ4v) is 3.10. The average Bonchev–Trinajstić information content (AvgIpc) is 3.11. The van der Waals surface area contributed by atoms with Crippen LogP contribution in [0.15, 0.2) is 72.4 Å². The number of benzene rings is 2. The van der Waals surface area contributed by atoms with Gasteiger partial charge >= 0.3 is 0 Å². The molecule has 0 saturated heterocycles. The standard InChI is InChI=1S/C19H14ClN5O/c20-16-10-22-7-6-15(16)12-2-1-3-14(8-12)25-11-23-17-9-13(19(21)24-26)4-5-18(17)25/h1-11,26H,(H2,21,24). The number of rotatable bonds is 3. The first-order valence-electron chi connectivity index (χ1n) is 7.82. The number of halogens is 1. The summed E-state index contributed by atoms with van der Waals surface area (Å²) in [6.45, 7) is 0. The molecule has 0 fully saturated rings. The van der Waals surface area contributed by atoms with Crippen LogP contribution in [-0.4, -0.2) is 25.6 Å². The molecule has 4 rings (SSSR count). The number of hydrogen-bond donors (Lipinski definition) is 2. The monoisotopic (exact) mass is 363 g/mol. The molecule has 0 atom stereocenters. The third-order valence-electron chi connectivity index (χ3n) is 4.16. The molecule has 0 saturated carbocycles. The molecular weight excluding hydrogens is 350 g/mol. The number of nitrogens with two attached hydrogens (primary N) is 1. The Morgan fingerprint density at radius 1 is 1.15 bits per heavy atom. The van der Waals surface area contributed by atoms with Crippen LogP contribution in [0.25, 0.3) is 27.8 Å². The van der Waals surface area contributed by atoms with Crippen LogP contribution >= 0.6 is 11.6 Å². The van der Waals surface area contributed by atoms with Crippen LogP contribution in [0.2, 0.25) is 5.02 Å². The van der Waals surface area contributed by atoms with Crippen molar-refractivity contribution in [2.24, 2.45) is 10.9 Å². The zero-order valence-electron chi connectivity index (χ0n) is 13.5. The predicted octanol–water partition coefficient (Wildman–Crippen LogP) is 3.84. The van der Waals surface area contributed by atoms with Gasteiger partial charge in [-0.3, -0.25) is 9.55 Å². The first-order valence-corrected chi connectivity index (χ1v) is 8.20. The second-order valence-electron chi connectivity index (χ2n) is 5.71. The molecule has 6 nitrogen and oxygen atoms in total. The normalized spacial score (nSPS) is 11.8.